The zero-order valence-corrected chi connectivity index (χ0v) is 19.0. The van der Waals surface area contributed by atoms with Crippen molar-refractivity contribution < 1.29 is 14.0 Å². The molecule has 0 saturated heterocycles. The molecule has 0 spiro atoms. The summed E-state index contributed by atoms with van der Waals surface area (Å²) >= 11 is 3.42. The van der Waals surface area contributed by atoms with Gasteiger partial charge in [-0.1, -0.05) is 46.3 Å². The highest BCUT2D eigenvalue weighted by atomic mass is 79.9. The summed E-state index contributed by atoms with van der Waals surface area (Å²) in [6.07, 6.45) is -1.24. The Morgan fingerprint density at radius 2 is 1.75 bits per heavy atom. The summed E-state index contributed by atoms with van der Waals surface area (Å²) in [7, 11) is 1.60. The maximum atomic E-state index is 14.7. The lowest BCUT2D eigenvalue weighted by molar-refractivity contribution is -0.119. The first-order chi connectivity index (χ1) is 15.3. The molecule has 32 heavy (non-hydrogen) atoms. The molecule has 0 radical (unpaired) electrons. The molecule has 0 saturated carbocycles. The number of amides is 3. The standard InChI is InChI=1S/C24H20BrFN4O2/c1-14-13-15(11-12-18(14)25)27-24(32)29-22-23(31)30(2)20-10-6-4-8-17(20)21(28-22)16-7-3-5-9-19(16)26/h3-13,22H,1-2H3,(H2,27,29,32). The van der Waals surface area contributed by atoms with Crippen LogP contribution in [0.15, 0.2) is 76.2 Å². The average molecular weight is 495 g/mol. The summed E-state index contributed by atoms with van der Waals surface area (Å²) in [5.41, 5.74) is 3.23. The predicted octanol–water partition coefficient (Wildman–Crippen LogP) is 4.86. The van der Waals surface area contributed by atoms with Crippen LogP contribution in [0.25, 0.3) is 0 Å². The van der Waals surface area contributed by atoms with Crippen LogP contribution < -0.4 is 15.5 Å². The molecule has 162 valence electrons. The summed E-state index contributed by atoms with van der Waals surface area (Å²) in [4.78, 5) is 31.7. The van der Waals surface area contributed by atoms with Crippen LogP contribution in [-0.4, -0.2) is 30.9 Å². The van der Waals surface area contributed by atoms with E-state index in [1.165, 1.54) is 11.0 Å². The molecule has 6 nitrogen and oxygen atoms in total. The highest BCUT2D eigenvalue weighted by Crippen LogP contribution is 2.28. The van der Waals surface area contributed by atoms with E-state index in [0.717, 1.165) is 10.0 Å². The molecule has 3 aromatic carbocycles. The number of urea groups is 1. The third-order valence-corrected chi connectivity index (χ3v) is 6.05. The average Bonchev–Trinajstić information content (AvgIpc) is 2.87. The van der Waals surface area contributed by atoms with Crippen LogP contribution >= 0.6 is 15.9 Å². The Balaban J connectivity index is 1.70. The Labute approximate surface area is 193 Å². The van der Waals surface area contributed by atoms with Crippen molar-refractivity contribution in [3.63, 3.8) is 0 Å². The number of hydrogen-bond donors (Lipinski definition) is 2. The molecular formula is C24H20BrFN4O2. The number of aryl methyl sites for hydroxylation is 1. The first-order valence-corrected chi connectivity index (χ1v) is 10.7. The van der Waals surface area contributed by atoms with Gasteiger partial charge >= 0.3 is 6.03 Å². The van der Waals surface area contributed by atoms with E-state index in [0.29, 0.717) is 22.6 Å². The zero-order valence-electron chi connectivity index (χ0n) is 17.4. The molecule has 1 aliphatic heterocycles. The van der Waals surface area contributed by atoms with Crippen LogP contribution in [0, 0.1) is 12.7 Å². The highest BCUT2D eigenvalue weighted by Gasteiger charge is 2.31. The van der Waals surface area contributed by atoms with Gasteiger partial charge in [-0.3, -0.25) is 4.79 Å². The number of fused-ring (bicyclic) bond motifs is 1. The molecule has 3 amide bonds. The molecule has 2 N–H and O–H groups in total. The van der Waals surface area contributed by atoms with Gasteiger partial charge in [0.15, 0.2) is 0 Å². The van der Waals surface area contributed by atoms with E-state index in [1.54, 1.807) is 61.6 Å². The number of carbonyl (C=O) groups excluding carboxylic acids is 2. The van der Waals surface area contributed by atoms with E-state index >= 15 is 0 Å². The Morgan fingerprint density at radius 1 is 1.06 bits per heavy atom. The number of aliphatic imine (C=N–C) groups is 1. The fourth-order valence-electron chi connectivity index (χ4n) is 3.50. The van der Waals surface area contributed by atoms with E-state index in [9.17, 15) is 14.0 Å². The van der Waals surface area contributed by atoms with E-state index in [2.05, 4.69) is 31.6 Å². The number of para-hydroxylation sites is 1. The normalized spacial score (nSPS) is 15.5. The number of benzodiazepines with no additional fused rings is 1. The second-order valence-corrected chi connectivity index (χ2v) is 8.19. The molecule has 0 aromatic heterocycles. The van der Waals surface area contributed by atoms with Crippen LogP contribution in [0.2, 0.25) is 0 Å². The molecule has 1 aliphatic rings. The Bertz CT molecular complexity index is 1240. The summed E-state index contributed by atoms with van der Waals surface area (Å²) in [5, 5.41) is 5.33. The van der Waals surface area contributed by atoms with Crippen molar-refractivity contribution in [3.8, 4) is 0 Å². The molecule has 0 fully saturated rings. The van der Waals surface area contributed by atoms with Crippen molar-refractivity contribution in [3.05, 3.63) is 93.7 Å². The van der Waals surface area contributed by atoms with E-state index in [1.807, 2.05) is 13.0 Å². The Hall–Kier alpha value is -3.52. The van der Waals surface area contributed by atoms with Crippen LogP contribution in [0.5, 0.6) is 0 Å². The lowest BCUT2D eigenvalue weighted by Gasteiger charge is -2.21. The molecule has 4 rings (SSSR count). The molecule has 3 aromatic rings. The third-order valence-electron chi connectivity index (χ3n) is 5.16. The minimum atomic E-state index is -1.24. The van der Waals surface area contributed by atoms with Gasteiger partial charge in [-0.05, 0) is 48.9 Å². The summed E-state index contributed by atoms with van der Waals surface area (Å²) < 4.78 is 15.6. The first kappa shape index (κ1) is 21.7. The number of benzene rings is 3. The zero-order chi connectivity index (χ0) is 22.8. The second-order valence-electron chi connectivity index (χ2n) is 7.34. The van der Waals surface area contributed by atoms with Gasteiger partial charge in [-0.25, -0.2) is 14.2 Å². The van der Waals surface area contributed by atoms with Crippen molar-refractivity contribution in [2.24, 2.45) is 4.99 Å². The van der Waals surface area contributed by atoms with Crippen LogP contribution in [0.1, 0.15) is 16.7 Å². The minimum Gasteiger partial charge on any atom is -0.311 e. The lowest BCUT2D eigenvalue weighted by atomic mass is 10.00. The second kappa shape index (κ2) is 8.92. The summed E-state index contributed by atoms with van der Waals surface area (Å²) in [6, 6.07) is 18.1. The SMILES string of the molecule is Cc1cc(NC(=O)NC2N=C(c3ccccc3F)c3ccccc3N(C)C2=O)ccc1Br. The third kappa shape index (κ3) is 4.27. The van der Waals surface area contributed by atoms with Crippen LogP contribution in [0.4, 0.5) is 20.6 Å². The van der Waals surface area contributed by atoms with Gasteiger partial charge in [0.05, 0.1) is 11.4 Å². The summed E-state index contributed by atoms with van der Waals surface area (Å²) in [5.74, 6) is -0.905. The topological polar surface area (TPSA) is 73.8 Å². The largest absolute Gasteiger partial charge is 0.321 e. The van der Waals surface area contributed by atoms with Gasteiger partial charge in [0.25, 0.3) is 5.91 Å². The Morgan fingerprint density at radius 3 is 2.47 bits per heavy atom. The van der Waals surface area contributed by atoms with Crippen molar-refractivity contribution in [1.82, 2.24) is 5.32 Å². The molecule has 1 unspecified atom stereocenters. The van der Waals surface area contributed by atoms with Crippen LogP contribution in [0.3, 0.4) is 0 Å². The van der Waals surface area contributed by atoms with Gasteiger partial charge in [0.2, 0.25) is 6.17 Å². The molecule has 1 heterocycles. The monoisotopic (exact) mass is 494 g/mol. The molecule has 8 heteroatoms. The fraction of sp³-hybridized carbons (Fsp3) is 0.125. The van der Waals surface area contributed by atoms with Gasteiger partial charge in [-0.2, -0.15) is 0 Å². The van der Waals surface area contributed by atoms with Gasteiger partial charge in [-0.15, -0.1) is 0 Å². The molecule has 0 bridgehead atoms. The number of halogens is 2. The quantitative estimate of drug-likeness (QED) is 0.545. The van der Waals surface area contributed by atoms with E-state index in [-0.39, 0.29) is 5.56 Å². The van der Waals surface area contributed by atoms with Gasteiger partial charge < -0.3 is 15.5 Å². The number of nitrogens with one attached hydrogen (secondary N) is 2. The smallest absolute Gasteiger partial charge is 0.311 e. The number of hydrogen-bond acceptors (Lipinski definition) is 3. The molecular weight excluding hydrogens is 475 g/mol. The number of likely N-dealkylation sites (N-methyl/N-ethyl adjacent to an activating group) is 1. The summed E-state index contributed by atoms with van der Waals surface area (Å²) in [6.45, 7) is 1.90. The molecule has 0 aliphatic carbocycles. The minimum absolute atomic E-state index is 0.249. The number of nitrogens with zero attached hydrogens (tertiary/aromatic N) is 2. The van der Waals surface area contributed by atoms with E-state index < -0.39 is 23.9 Å². The first-order valence-electron chi connectivity index (χ1n) is 9.88. The number of rotatable bonds is 3. The number of carbonyl (C=O) groups is 2. The van der Waals surface area contributed by atoms with Crippen molar-refractivity contribution in [1.29, 1.82) is 0 Å². The Kier molecular flexibility index (Phi) is 6.05. The molecule has 1 atom stereocenters. The van der Waals surface area contributed by atoms with Crippen LogP contribution in [-0.2, 0) is 4.79 Å². The lowest BCUT2D eigenvalue weighted by Crippen LogP contribution is -2.47. The highest BCUT2D eigenvalue weighted by molar-refractivity contribution is 9.10. The fourth-order valence-corrected chi connectivity index (χ4v) is 3.74. The van der Waals surface area contributed by atoms with Gasteiger partial charge in [0, 0.05) is 28.3 Å². The maximum absolute atomic E-state index is 14.7. The maximum Gasteiger partial charge on any atom is 0.321 e. The van der Waals surface area contributed by atoms with Crippen molar-refractivity contribution in [2.75, 3.05) is 17.3 Å². The van der Waals surface area contributed by atoms with Gasteiger partial charge in [0.1, 0.15) is 5.82 Å². The number of anilines is 2. The van der Waals surface area contributed by atoms with E-state index in [4.69, 9.17) is 0 Å². The predicted molar refractivity (Wildman–Crippen MR) is 127 cm³/mol. The van der Waals surface area contributed by atoms with Crippen molar-refractivity contribution >= 4 is 45.0 Å². The van der Waals surface area contributed by atoms with Crippen molar-refractivity contribution in [2.45, 2.75) is 13.1 Å².